The minimum absolute atomic E-state index is 0.284. The molecule has 0 spiro atoms. The Labute approximate surface area is 184 Å². The molecule has 3 aromatic rings. The number of fused-ring (bicyclic) bond motifs is 3. The molecule has 1 aromatic heterocycles. The first-order valence-electron chi connectivity index (χ1n) is 10.0. The van der Waals surface area contributed by atoms with E-state index in [0.29, 0.717) is 22.7 Å². The second-order valence-corrected chi connectivity index (χ2v) is 8.32. The lowest BCUT2D eigenvalue weighted by Gasteiger charge is -2.16. The number of ether oxygens (including phenoxy) is 1. The number of nitrogens with zero attached hydrogens (tertiary/aromatic N) is 1. The van der Waals surface area contributed by atoms with Crippen molar-refractivity contribution in [1.29, 1.82) is 5.26 Å². The van der Waals surface area contributed by atoms with Crippen LogP contribution in [-0.4, -0.2) is 18.0 Å². The van der Waals surface area contributed by atoms with Crippen molar-refractivity contribution >= 4 is 33.9 Å². The number of amides is 1. The molecule has 1 aliphatic rings. The minimum atomic E-state index is -0.980. The van der Waals surface area contributed by atoms with Crippen LogP contribution in [0.5, 0.6) is 0 Å². The number of aryl methyl sites for hydroxylation is 1. The standard InChI is InChI=1S/C24H21N3O3S/c1-2-20(30-24(29)15-7-5-8-16(26)12-15)22(28)27-23-19(13-25)18-11-10-14-6-3-4-9-17(14)21(18)31-23/h3-9,12,20H,2,10-11,26H2,1H3,(H,27,28). The first-order chi connectivity index (χ1) is 15.0. The summed E-state index contributed by atoms with van der Waals surface area (Å²) in [7, 11) is 0. The number of anilines is 2. The van der Waals surface area contributed by atoms with Crippen LogP contribution in [0.15, 0.2) is 48.5 Å². The number of carbonyl (C=O) groups excluding carboxylic acids is 2. The van der Waals surface area contributed by atoms with Crippen molar-refractivity contribution in [3.8, 4) is 16.5 Å². The van der Waals surface area contributed by atoms with Gasteiger partial charge < -0.3 is 15.8 Å². The Morgan fingerprint density at radius 2 is 2.03 bits per heavy atom. The molecule has 6 nitrogen and oxygen atoms in total. The van der Waals surface area contributed by atoms with Gasteiger partial charge in [0.05, 0.1) is 11.1 Å². The highest BCUT2D eigenvalue weighted by Gasteiger charge is 2.28. The molecular formula is C24H21N3O3S. The van der Waals surface area contributed by atoms with Crippen molar-refractivity contribution in [3.05, 3.63) is 70.8 Å². The third-order valence-electron chi connectivity index (χ3n) is 5.30. The predicted molar refractivity (Wildman–Crippen MR) is 121 cm³/mol. The topological polar surface area (TPSA) is 105 Å². The zero-order valence-corrected chi connectivity index (χ0v) is 17.8. The van der Waals surface area contributed by atoms with Gasteiger partial charge in [-0.3, -0.25) is 4.79 Å². The van der Waals surface area contributed by atoms with E-state index in [9.17, 15) is 14.9 Å². The van der Waals surface area contributed by atoms with Crippen LogP contribution in [0.3, 0.4) is 0 Å². The van der Waals surface area contributed by atoms with Crippen LogP contribution >= 0.6 is 11.3 Å². The summed E-state index contributed by atoms with van der Waals surface area (Å²) >= 11 is 1.39. The maximum atomic E-state index is 12.9. The quantitative estimate of drug-likeness (QED) is 0.456. The molecule has 0 aliphatic heterocycles. The van der Waals surface area contributed by atoms with Gasteiger partial charge in [-0.15, -0.1) is 11.3 Å². The highest BCUT2D eigenvalue weighted by molar-refractivity contribution is 7.20. The Balaban J connectivity index is 1.56. The van der Waals surface area contributed by atoms with Crippen LogP contribution < -0.4 is 11.1 Å². The Hall–Kier alpha value is -3.63. The average molecular weight is 432 g/mol. The van der Waals surface area contributed by atoms with Gasteiger partial charge in [0.1, 0.15) is 11.1 Å². The van der Waals surface area contributed by atoms with Crippen molar-refractivity contribution in [2.45, 2.75) is 32.3 Å². The Bertz CT molecular complexity index is 1210. The minimum Gasteiger partial charge on any atom is -0.449 e. The molecule has 0 saturated carbocycles. The van der Waals surface area contributed by atoms with Crippen LogP contribution in [0.2, 0.25) is 0 Å². The van der Waals surface area contributed by atoms with Gasteiger partial charge in [0, 0.05) is 10.6 Å². The number of hydrogen-bond acceptors (Lipinski definition) is 6. The molecule has 1 heterocycles. The normalized spacial score (nSPS) is 12.8. The molecule has 1 atom stereocenters. The van der Waals surface area contributed by atoms with E-state index in [-0.39, 0.29) is 5.56 Å². The van der Waals surface area contributed by atoms with Crippen LogP contribution in [0.4, 0.5) is 10.7 Å². The molecule has 1 aliphatic carbocycles. The van der Waals surface area contributed by atoms with Gasteiger partial charge in [0.15, 0.2) is 6.10 Å². The van der Waals surface area contributed by atoms with Gasteiger partial charge in [0.25, 0.3) is 5.91 Å². The molecule has 7 heteroatoms. The van der Waals surface area contributed by atoms with Gasteiger partial charge in [-0.1, -0.05) is 37.3 Å². The third-order valence-corrected chi connectivity index (χ3v) is 6.48. The maximum Gasteiger partial charge on any atom is 0.338 e. The number of thiophene rings is 1. The number of benzene rings is 2. The second-order valence-electron chi connectivity index (χ2n) is 7.30. The van der Waals surface area contributed by atoms with Gasteiger partial charge in [-0.25, -0.2) is 4.79 Å². The number of nitrogens with one attached hydrogen (secondary N) is 1. The number of nitrogens with two attached hydrogens (primary N) is 1. The number of rotatable bonds is 5. The molecule has 4 rings (SSSR count). The van der Waals surface area contributed by atoms with Crippen molar-refractivity contribution in [1.82, 2.24) is 0 Å². The van der Waals surface area contributed by atoms with Gasteiger partial charge >= 0.3 is 5.97 Å². The largest absolute Gasteiger partial charge is 0.449 e. The molecular weight excluding hydrogens is 410 g/mol. The molecule has 31 heavy (non-hydrogen) atoms. The molecule has 0 bridgehead atoms. The number of nitrogen functional groups attached to an aromatic ring is 1. The van der Waals surface area contributed by atoms with Crippen LogP contribution in [0.1, 0.15) is 40.4 Å². The lowest BCUT2D eigenvalue weighted by molar-refractivity contribution is -0.124. The Kier molecular flexibility index (Phi) is 5.74. The number of esters is 1. The number of hydrogen-bond donors (Lipinski definition) is 2. The number of carbonyl (C=O) groups is 2. The summed E-state index contributed by atoms with van der Waals surface area (Å²) in [6, 6.07) is 16.8. The summed E-state index contributed by atoms with van der Waals surface area (Å²) in [6.45, 7) is 1.76. The molecule has 0 saturated heterocycles. The van der Waals surface area contributed by atoms with Crippen LogP contribution in [0, 0.1) is 11.3 Å². The number of nitriles is 1. The molecule has 0 fully saturated rings. The summed E-state index contributed by atoms with van der Waals surface area (Å²) in [5.41, 5.74) is 10.2. The van der Waals surface area contributed by atoms with E-state index in [1.807, 2.05) is 18.2 Å². The highest BCUT2D eigenvalue weighted by Crippen LogP contribution is 2.44. The fourth-order valence-corrected chi connectivity index (χ4v) is 4.99. The molecule has 2 aromatic carbocycles. The van der Waals surface area contributed by atoms with E-state index in [1.165, 1.54) is 23.0 Å². The van der Waals surface area contributed by atoms with Gasteiger partial charge in [0.2, 0.25) is 0 Å². The maximum absolute atomic E-state index is 12.9. The van der Waals surface area contributed by atoms with E-state index in [4.69, 9.17) is 10.5 Å². The lowest BCUT2D eigenvalue weighted by Crippen LogP contribution is -2.32. The Morgan fingerprint density at radius 3 is 2.77 bits per heavy atom. The summed E-state index contributed by atoms with van der Waals surface area (Å²) in [5.74, 6) is -1.07. The summed E-state index contributed by atoms with van der Waals surface area (Å²) < 4.78 is 5.42. The fraction of sp³-hybridized carbons (Fsp3) is 0.208. The van der Waals surface area contributed by atoms with Gasteiger partial charge in [-0.2, -0.15) is 5.26 Å². The molecule has 156 valence electrons. The van der Waals surface area contributed by atoms with Crippen molar-refractivity contribution < 1.29 is 14.3 Å². The zero-order chi connectivity index (χ0) is 22.0. The predicted octanol–water partition coefficient (Wildman–Crippen LogP) is 4.54. The van der Waals surface area contributed by atoms with E-state index < -0.39 is 18.0 Å². The molecule has 1 amide bonds. The second kappa shape index (κ2) is 8.62. The van der Waals surface area contributed by atoms with Crippen molar-refractivity contribution in [3.63, 3.8) is 0 Å². The highest BCUT2D eigenvalue weighted by atomic mass is 32.1. The SMILES string of the molecule is CCC(OC(=O)c1cccc(N)c1)C(=O)Nc1sc2c(c1C#N)CCc1ccccc1-2. The monoisotopic (exact) mass is 431 g/mol. The zero-order valence-electron chi connectivity index (χ0n) is 17.0. The molecule has 3 N–H and O–H groups in total. The molecule has 1 unspecified atom stereocenters. The van der Waals surface area contributed by atoms with E-state index >= 15 is 0 Å². The molecule has 0 radical (unpaired) electrons. The summed E-state index contributed by atoms with van der Waals surface area (Å²) in [5, 5.41) is 13.1. The van der Waals surface area contributed by atoms with Crippen molar-refractivity contribution in [2.75, 3.05) is 11.1 Å². The van der Waals surface area contributed by atoms with Crippen LogP contribution in [0.25, 0.3) is 10.4 Å². The van der Waals surface area contributed by atoms with E-state index in [1.54, 1.807) is 25.1 Å². The van der Waals surface area contributed by atoms with E-state index in [2.05, 4.69) is 17.5 Å². The summed E-state index contributed by atoms with van der Waals surface area (Å²) in [4.78, 5) is 26.3. The Morgan fingerprint density at radius 1 is 1.23 bits per heavy atom. The van der Waals surface area contributed by atoms with Crippen LogP contribution in [-0.2, 0) is 22.4 Å². The average Bonchev–Trinajstić information content (AvgIpc) is 3.14. The first-order valence-corrected chi connectivity index (χ1v) is 10.8. The fourth-order valence-electron chi connectivity index (χ4n) is 3.72. The first kappa shape index (κ1) is 20.6. The van der Waals surface area contributed by atoms with E-state index in [0.717, 1.165) is 28.8 Å². The van der Waals surface area contributed by atoms with Crippen molar-refractivity contribution in [2.24, 2.45) is 0 Å². The smallest absolute Gasteiger partial charge is 0.338 e. The third kappa shape index (κ3) is 4.03. The lowest BCUT2D eigenvalue weighted by atomic mass is 9.90. The summed E-state index contributed by atoms with van der Waals surface area (Å²) in [6.07, 6.45) is 0.933. The van der Waals surface area contributed by atoms with Gasteiger partial charge in [-0.05, 0) is 54.2 Å².